The number of nitrogens with zero attached hydrogens (tertiary/aromatic N) is 3. The van der Waals surface area contributed by atoms with Crippen LogP contribution in [-0.4, -0.2) is 40.4 Å². The van der Waals surface area contributed by atoms with Crippen LogP contribution in [0, 0.1) is 6.92 Å². The van der Waals surface area contributed by atoms with Crippen molar-refractivity contribution in [1.29, 1.82) is 0 Å². The number of hydrogen-bond donors (Lipinski definition) is 0. The van der Waals surface area contributed by atoms with Crippen molar-refractivity contribution < 1.29 is 9.53 Å². The molecular formula is C18H17Cl2N3O2S. The summed E-state index contributed by atoms with van der Waals surface area (Å²) < 4.78 is 5.39. The van der Waals surface area contributed by atoms with Crippen LogP contribution in [0.1, 0.15) is 22.3 Å². The number of aromatic nitrogens is 1. The molecule has 5 nitrogen and oxygen atoms in total. The molecule has 0 unspecified atom stereocenters. The molecule has 1 fully saturated rings. The predicted octanol–water partition coefficient (Wildman–Crippen LogP) is 4.97. The zero-order valence-electron chi connectivity index (χ0n) is 14.3. The summed E-state index contributed by atoms with van der Waals surface area (Å²) >= 11 is 13.4. The third-order valence-corrected chi connectivity index (χ3v) is 5.58. The fourth-order valence-corrected chi connectivity index (χ4v) is 3.74. The normalized spacial score (nSPS) is 16.0. The van der Waals surface area contributed by atoms with E-state index in [2.05, 4.69) is 4.98 Å². The van der Waals surface area contributed by atoms with Crippen LogP contribution < -0.4 is 4.74 Å². The predicted molar refractivity (Wildman–Crippen MR) is 107 cm³/mol. The Hall–Kier alpha value is -1.76. The number of aryl methyl sites for hydroxylation is 1. The highest BCUT2D eigenvalue weighted by Gasteiger charge is 2.26. The third kappa shape index (κ3) is 4.14. The topological polar surface area (TPSA) is 54.8 Å². The van der Waals surface area contributed by atoms with Crippen LogP contribution in [0.25, 0.3) is 0 Å². The Balaban J connectivity index is 1.96. The van der Waals surface area contributed by atoms with Crippen molar-refractivity contribution in [3.05, 3.63) is 51.8 Å². The lowest BCUT2D eigenvalue weighted by molar-refractivity contribution is 0.0849. The zero-order chi connectivity index (χ0) is 18.7. The summed E-state index contributed by atoms with van der Waals surface area (Å²) in [6.07, 6.45) is 2.32. The van der Waals surface area contributed by atoms with Crippen molar-refractivity contribution >= 4 is 51.7 Å². The van der Waals surface area contributed by atoms with E-state index in [4.69, 9.17) is 32.9 Å². The summed E-state index contributed by atoms with van der Waals surface area (Å²) in [5.74, 6) is 1.36. The van der Waals surface area contributed by atoms with E-state index < -0.39 is 0 Å². The number of carbonyl (C=O) groups is 1. The number of carbonyl (C=O) groups excluding carboxylic acids is 1. The molecule has 2 heterocycles. The molecule has 26 heavy (non-hydrogen) atoms. The second kappa shape index (κ2) is 8.29. The molecule has 3 rings (SSSR count). The van der Waals surface area contributed by atoms with Gasteiger partial charge in [0.15, 0.2) is 5.17 Å². The molecule has 0 spiro atoms. The van der Waals surface area contributed by atoms with E-state index in [1.165, 1.54) is 12.3 Å². The Morgan fingerprint density at radius 2 is 2.15 bits per heavy atom. The Morgan fingerprint density at radius 3 is 2.88 bits per heavy atom. The molecule has 1 aliphatic heterocycles. The fraction of sp³-hybridized carbons (Fsp3) is 0.278. The molecule has 0 bridgehead atoms. The molecule has 0 saturated carbocycles. The van der Waals surface area contributed by atoms with E-state index in [0.717, 1.165) is 17.7 Å². The Bertz CT molecular complexity index is 874. The summed E-state index contributed by atoms with van der Waals surface area (Å²) in [5, 5.41) is 1.06. The number of amides is 1. The number of thioether (sulfide) groups is 1. The first-order valence-corrected chi connectivity index (χ1v) is 9.73. The molecule has 0 N–H and O–H groups in total. The Kier molecular flexibility index (Phi) is 6.06. The van der Waals surface area contributed by atoms with E-state index in [1.54, 1.807) is 23.8 Å². The summed E-state index contributed by atoms with van der Waals surface area (Å²) in [6, 6.07) is 7.30. The molecule has 0 atom stereocenters. The van der Waals surface area contributed by atoms with E-state index in [9.17, 15) is 4.79 Å². The van der Waals surface area contributed by atoms with Gasteiger partial charge in [0.25, 0.3) is 5.91 Å². The lowest BCUT2D eigenvalue weighted by Crippen LogP contribution is -2.39. The van der Waals surface area contributed by atoms with Gasteiger partial charge in [-0.1, -0.05) is 41.0 Å². The minimum absolute atomic E-state index is 0.176. The van der Waals surface area contributed by atoms with Gasteiger partial charge in [-0.2, -0.15) is 0 Å². The molecular weight excluding hydrogens is 393 g/mol. The lowest BCUT2D eigenvalue weighted by atomic mass is 10.2. The van der Waals surface area contributed by atoms with Gasteiger partial charge in [0.2, 0.25) is 0 Å². The maximum Gasteiger partial charge on any atom is 0.261 e. The first-order chi connectivity index (χ1) is 12.5. The van der Waals surface area contributed by atoms with Crippen LogP contribution in [-0.2, 0) is 0 Å². The molecule has 1 aromatic carbocycles. The van der Waals surface area contributed by atoms with E-state index in [0.29, 0.717) is 28.7 Å². The second-order valence-electron chi connectivity index (χ2n) is 5.73. The van der Waals surface area contributed by atoms with Crippen molar-refractivity contribution in [1.82, 2.24) is 9.88 Å². The maximum atomic E-state index is 12.9. The maximum absolute atomic E-state index is 12.9. The highest BCUT2D eigenvalue weighted by Crippen LogP contribution is 2.32. The van der Waals surface area contributed by atoms with Gasteiger partial charge in [-0.3, -0.25) is 9.69 Å². The number of ether oxygens (including phenoxy) is 1. The average molecular weight is 410 g/mol. The van der Waals surface area contributed by atoms with Gasteiger partial charge in [-0.05, 0) is 37.1 Å². The van der Waals surface area contributed by atoms with Crippen LogP contribution in [0.3, 0.4) is 0 Å². The second-order valence-corrected chi connectivity index (χ2v) is 7.55. The molecule has 1 aliphatic rings. The van der Waals surface area contributed by atoms with Crippen molar-refractivity contribution in [2.45, 2.75) is 13.3 Å². The largest absolute Gasteiger partial charge is 0.494 e. The van der Waals surface area contributed by atoms with Crippen LogP contribution in [0.2, 0.25) is 10.2 Å². The van der Waals surface area contributed by atoms with Crippen LogP contribution in [0.15, 0.2) is 35.5 Å². The van der Waals surface area contributed by atoms with Crippen LogP contribution in [0.5, 0.6) is 5.75 Å². The number of benzene rings is 1. The smallest absolute Gasteiger partial charge is 0.261 e. The quantitative estimate of drug-likeness (QED) is 0.671. The number of halogens is 2. The SMILES string of the molecule is COc1ccc(C)cc1N=C1SCCCN1C(=O)c1cnc(Cl)c(Cl)c1. The summed E-state index contributed by atoms with van der Waals surface area (Å²) in [4.78, 5) is 23.3. The Labute approximate surface area is 166 Å². The molecule has 1 aromatic heterocycles. The van der Waals surface area contributed by atoms with E-state index in [1.807, 2.05) is 25.1 Å². The molecule has 0 aliphatic carbocycles. The molecule has 136 valence electrons. The van der Waals surface area contributed by atoms with Crippen molar-refractivity contribution in [3.63, 3.8) is 0 Å². The summed E-state index contributed by atoms with van der Waals surface area (Å²) in [5.41, 5.74) is 2.14. The zero-order valence-corrected chi connectivity index (χ0v) is 16.7. The number of aliphatic imine (C=N–C) groups is 1. The van der Waals surface area contributed by atoms with Gasteiger partial charge in [0.1, 0.15) is 16.6 Å². The molecule has 8 heteroatoms. The molecule has 1 amide bonds. The molecule has 0 radical (unpaired) electrons. The first-order valence-electron chi connectivity index (χ1n) is 7.98. The first kappa shape index (κ1) is 19.0. The number of amidine groups is 1. The van der Waals surface area contributed by atoms with Gasteiger partial charge in [0.05, 0.1) is 17.7 Å². The van der Waals surface area contributed by atoms with Gasteiger partial charge in [-0.15, -0.1) is 0 Å². The summed E-state index contributed by atoms with van der Waals surface area (Å²) in [7, 11) is 1.60. The number of rotatable bonds is 3. The minimum atomic E-state index is -0.200. The van der Waals surface area contributed by atoms with Crippen molar-refractivity contribution in [3.8, 4) is 5.75 Å². The third-order valence-electron chi connectivity index (χ3n) is 3.83. The lowest BCUT2D eigenvalue weighted by Gasteiger charge is -2.28. The van der Waals surface area contributed by atoms with Crippen LogP contribution >= 0.6 is 35.0 Å². The monoisotopic (exact) mass is 409 g/mol. The highest BCUT2D eigenvalue weighted by atomic mass is 35.5. The van der Waals surface area contributed by atoms with E-state index in [-0.39, 0.29) is 16.1 Å². The van der Waals surface area contributed by atoms with Gasteiger partial charge in [0, 0.05) is 18.5 Å². The van der Waals surface area contributed by atoms with E-state index >= 15 is 0 Å². The van der Waals surface area contributed by atoms with Crippen molar-refractivity contribution in [2.75, 3.05) is 19.4 Å². The molecule has 2 aromatic rings. The van der Waals surface area contributed by atoms with Gasteiger partial charge < -0.3 is 4.74 Å². The highest BCUT2D eigenvalue weighted by molar-refractivity contribution is 8.13. The minimum Gasteiger partial charge on any atom is -0.494 e. The standard InChI is InChI=1S/C18H17Cl2N3O2S/c1-11-4-5-15(25-2)14(8-11)22-18-23(6-3-7-26-18)17(24)12-9-13(19)16(20)21-10-12/h4-5,8-10H,3,6-7H2,1-2H3. The van der Waals surface area contributed by atoms with Gasteiger partial charge in [-0.25, -0.2) is 9.98 Å². The van der Waals surface area contributed by atoms with Crippen LogP contribution in [0.4, 0.5) is 5.69 Å². The van der Waals surface area contributed by atoms with Gasteiger partial charge >= 0.3 is 0 Å². The van der Waals surface area contributed by atoms with Crippen molar-refractivity contribution in [2.24, 2.45) is 4.99 Å². The summed E-state index contributed by atoms with van der Waals surface area (Å²) in [6.45, 7) is 2.57. The number of hydrogen-bond acceptors (Lipinski definition) is 5. The molecule has 1 saturated heterocycles. The average Bonchev–Trinajstić information content (AvgIpc) is 2.64. The number of pyridine rings is 1. The Morgan fingerprint density at radius 1 is 1.35 bits per heavy atom. The fourth-order valence-electron chi connectivity index (χ4n) is 2.53. The number of methoxy groups -OCH3 is 1.